The van der Waals surface area contributed by atoms with E-state index in [0.29, 0.717) is 16.6 Å². The third-order valence-electron chi connectivity index (χ3n) is 3.63. The van der Waals surface area contributed by atoms with Gasteiger partial charge in [0.15, 0.2) is 5.17 Å². The average Bonchev–Trinajstić information content (AvgIpc) is 2.95. The lowest BCUT2D eigenvalue weighted by molar-refractivity contribution is -0.118. The van der Waals surface area contributed by atoms with Gasteiger partial charge >= 0.3 is 0 Å². The van der Waals surface area contributed by atoms with E-state index in [-0.39, 0.29) is 17.8 Å². The minimum Gasteiger partial charge on any atom is -0.481 e. The van der Waals surface area contributed by atoms with Crippen molar-refractivity contribution in [2.75, 3.05) is 7.11 Å². The molecule has 2 aromatic rings. The number of amidine groups is 1. The SMILES string of the molecule is COc1cc(C2SC(=N[C@H](C)c3ccccc3F)NC2=O)ccn1. The predicted octanol–water partition coefficient (Wildman–Crippen LogP) is 3.25. The van der Waals surface area contributed by atoms with Gasteiger partial charge in [-0.05, 0) is 24.6 Å². The Bertz CT molecular complexity index is 797. The second-order valence-corrected chi connectivity index (χ2v) is 6.34. The predicted molar refractivity (Wildman–Crippen MR) is 91.5 cm³/mol. The maximum Gasteiger partial charge on any atom is 0.244 e. The first-order valence-corrected chi connectivity index (χ1v) is 8.26. The molecule has 124 valence electrons. The highest BCUT2D eigenvalue weighted by molar-refractivity contribution is 8.15. The molecule has 2 heterocycles. The van der Waals surface area contributed by atoms with Gasteiger partial charge in [0.1, 0.15) is 11.1 Å². The summed E-state index contributed by atoms with van der Waals surface area (Å²) in [5.74, 6) is -0.0159. The molecule has 0 saturated carbocycles. The molecule has 0 aliphatic carbocycles. The fraction of sp³-hybridized carbons (Fsp3) is 0.235. The van der Waals surface area contributed by atoms with Crippen molar-refractivity contribution >= 4 is 22.8 Å². The highest BCUT2D eigenvalue weighted by atomic mass is 32.2. The lowest BCUT2D eigenvalue weighted by Gasteiger charge is -2.09. The van der Waals surface area contributed by atoms with Crippen LogP contribution in [0, 0.1) is 5.82 Å². The summed E-state index contributed by atoms with van der Waals surface area (Å²) in [7, 11) is 1.52. The number of benzene rings is 1. The molecule has 0 bridgehead atoms. The van der Waals surface area contributed by atoms with Crippen LogP contribution in [0.3, 0.4) is 0 Å². The highest BCUT2D eigenvalue weighted by Crippen LogP contribution is 2.36. The van der Waals surface area contributed by atoms with Crippen LogP contribution < -0.4 is 10.1 Å². The summed E-state index contributed by atoms with van der Waals surface area (Å²) in [5, 5.41) is 2.81. The summed E-state index contributed by atoms with van der Waals surface area (Å²) in [6, 6.07) is 9.59. The van der Waals surface area contributed by atoms with E-state index < -0.39 is 5.25 Å². The van der Waals surface area contributed by atoms with Crippen molar-refractivity contribution in [3.63, 3.8) is 0 Å². The quantitative estimate of drug-likeness (QED) is 0.924. The largest absolute Gasteiger partial charge is 0.481 e. The third-order valence-corrected chi connectivity index (χ3v) is 4.79. The topological polar surface area (TPSA) is 63.6 Å². The normalized spacial score (nSPS) is 20.0. The minimum absolute atomic E-state index is 0.160. The average molecular weight is 345 g/mol. The highest BCUT2D eigenvalue weighted by Gasteiger charge is 2.32. The van der Waals surface area contributed by atoms with E-state index in [1.165, 1.54) is 24.9 Å². The standard InChI is InChI=1S/C17H16FN3O2S/c1-10(12-5-3-4-6-13(12)18)20-17-21-16(22)15(24-17)11-7-8-19-14(9-11)23-2/h3-10,15H,1-2H3,(H,20,21,22)/t10-,15?/m1/s1. The first-order chi connectivity index (χ1) is 11.6. The van der Waals surface area contributed by atoms with Gasteiger partial charge in [-0.15, -0.1) is 0 Å². The summed E-state index contributed by atoms with van der Waals surface area (Å²) in [6.45, 7) is 1.79. The number of nitrogens with zero attached hydrogens (tertiary/aromatic N) is 2. The number of aliphatic imine (C=N–C) groups is 1. The van der Waals surface area contributed by atoms with Gasteiger partial charge in [-0.1, -0.05) is 30.0 Å². The Balaban J connectivity index is 1.80. The van der Waals surface area contributed by atoms with Gasteiger partial charge in [0.2, 0.25) is 11.8 Å². The molecular weight excluding hydrogens is 329 g/mol. The summed E-state index contributed by atoms with van der Waals surface area (Å²) in [6.07, 6.45) is 1.60. The van der Waals surface area contributed by atoms with Gasteiger partial charge in [0, 0.05) is 17.8 Å². The van der Waals surface area contributed by atoms with Crippen molar-refractivity contribution in [1.82, 2.24) is 10.3 Å². The Kier molecular flexibility index (Phi) is 4.80. The molecule has 0 spiro atoms. The van der Waals surface area contributed by atoms with Crippen LogP contribution in [0.2, 0.25) is 0 Å². The number of rotatable bonds is 4. The molecule has 1 aliphatic rings. The van der Waals surface area contributed by atoms with Gasteiger partial charge in [0.05, 0.1) is 13.2 Å². The molecule has 1 aromatic carbocycles. The van der Waals surface area contributed by atoms with Crippen molar-refractivity contribution in [3.05, 3.63) is 59.5 Å². The minimum atomic E-state index is -0.423. The van der Waals surface area contributed by atoms with Crippen LogP contribution in [0.4, 0.5) is 4.39 Å². The van der Waals surface area contributed by atoms with Gasteiger partial charge in [0.25, 0.3) is 0 Å². The van der Waals surface area contributed by atoms with Gasteiger partial charge < -0.3 is 10.1 Å². The van der Waals surface area contributed by atoms with Crippen molar-refractivity contribution in [1.29, 1.82) is 0 Å². The van der Waals surface area contributed by atoms with Crippen molar-refractivity contribution in [2.24, 2.45) is 4.99 Å². The molecule has 5 nitrogen and oxygen atoms in total. The number of amides is 1. The Morgan fingerprint density at radius 2 is 2.17 bits per heavy atom. The third kappa shape index (κ3) is 3.41. The molecule has 1 saturated heterocycles. The van der Waals surface area contributed by atoms with Crippen LogP contribution in [-0.2, 0) is 4.79 Å². The molecule has 7 heteroatoms. The Labute approximate surface area is 143 Å². The van der Waals surface area contributed by atoms with E-state index >= 15 is 0 Å². The molecule has 24 heavy (non-hydrogen) atoms. The van der Waals surface area contributed by atoms with E-state index in [9.17, 15) is 9.18 Å². The van der Waals surface area contributed by atoms with Crippen molar-refractivity contribution < 1.29 is 13.9 Å². The summed E-state index contributed by atoms with van der Waals surface area (Å²) >= 11 is 1.30. The number of hydrogen-bond donors (Lipinski definition) is 1. The molecule has 1 aromatic heterocycles. The zero-order chi connectivity index (χ0) is 17.1. The number of nitrogens with one attached hydrogen (secondary N) is 1. The fourth-order valence-corrected chi connectivity index (χ4v) is 3.46. The van der Waals surface area contributed by atoms with Crippen LogP contribution in [0.1, 0.15) is 29.3 Å². The van der Waals surface area contributed by atoms with Gasteiger partial charge in [-0.25, -0.2) is 9.37 Å². The van der Waals surface area contributed by atoms with E-state index in [0.717, 1.165) is 5.56 Å². The zero-order valence-electron chi connectivity index (χ0n) is 13.2. The molecule has 1 unspecified atom stereocenters. The maximum absolute atomic E-state index is 13.8. The van der Waals surface area contributed by atoms with E-state index in [1.807, 2.05) is 0 Å². The Morgan fingerprint density at radius 3 is 2.92 bits per heavy atom. The Hall–Kier alpha value is -2.41. The molecule has 0 radical (unpaired) electrons. The molecular formula is C17H16FN3O2S. The summed E-state index contributed by atoms with van der Waals surface area (Å²) < 4.78 is 18.9. The van der Waals surface area contributed by atoms with Crippen LogP contribution in [0.5, 0.6) is 5.88 Å². The number of hydrogen-bond acceptors (Lipinski definition) is 5. The number of halogens is 1. The van der Waals surface area contributed by atoms with Crippen LogP contribution in [0.15, 0.2) is 47.6 Å². The first-order valence-electron chi connectivity index (χ1n) is 7.38. The number of carbonyl (C=O) groups is 1. The van der Waals surface area contributed by atoms with Crippen LogP contribution in [0.25, 0.3) is 0 Å². The molecule has 3 rings (SSSR count). The smallest absolute Gasteiger partial charge is 0.244 e. The monoisotopic (exact) mass is 345 g/mol. The number of aromatic nitrogens is 1. The fourth-order valence-electron chi connectivity index (χ4n) is 2.41. The van der Waals surface area contributed by atoms with E-state index in [4.69, 9.17) is 4.74 Å². The number of thioether (sulfide) groups is 1. The zero-order valence-corrected chi connectivity index (χ0v) is 14.0. The van der Waals surface area contributed by atoms with Crippen LogP contribution in [-0.4, -0.2) is 23.2 Å². The molecule has 2 atom stereocenters. The van der Waals surface area contributed by atoms with Crippen molar-refractivity contribution in [3.8, 4) is 5.88 Å². The van der Waals surface area contributed by atoms with E-state index in [1.54, 1.807) is 43.5 Å². The lowest BCUT2D eigenvalue weighted by Crippen LogP contribution is -2.22. The summed E-state index contributed by atoms with van der Waals surface area (Å²) in [5.41, 5.74) is 1.28. The second kappa shape index (κ2) is 7.00. The van der Waals surface area contributed by atoms with Crippen molar-refractivity contribution in [2.45, 2.75) is 18.2 Å². The Morgan fingerprint density at radius 1 is 1.38 bits per heavy atom. The number of carbonyl (C=O) groups excluding carboxylic acids is 1. The number of pyridine rings is 1. The lowest BCUT2D eigenvalue weighted by atomic mass is 10.1. The van der Waals surface area contributed by atoms with Gasteiger partial charge in [-0.2, -0.15) is 0 Å². The number of methoxy groups -OCH3 is 1. The molecule has 1 N–H and O–H groups in total. The first kappa shape index (κ1) is 16.4. The molecule has 1 fully saturated rings. The van der Waals surface area contributed by atoms with Gasteiger partial charge in [-0.3, -0.25) is 9.79 Å². The molecule has 1 aliphatic heterocycles. The van der Waals surface area contributed by atoms with E-state index in [2.05, 4.69) is 15.3 Å². The molecule has 1 amide bonds. The summed E-state index contributed by atoms with van der Waals surface area (Å²) in [4.78, 5) is 20.7. The van der Waals surface area contributed by atoms with Crippen LogP contribution >= 0.6 is 11.8 Å². The second-order valence-electron chi connectivity index (χ2n) is 5.25. The number of ether oxygens (including phenoxy) is 1. The maximum atomic E-state index is 13.8.